The van der Waals surface area contributed by atoms with Gasteiger partial charge in [-0.05, 0) is 31.2 Å². The minimum Gasteiger partial charge on any atom is -0.352 e. The fourth-order valence-corrected chi connectivity index (χ4v) is 4.21. The average molecular weight is 290 g/mol. The second-order valence-corrected chi connectivity index (χ2v) is 8.66. The number of hydrogen-bond donors (Lipinski definition) is 2. The van der Waals surface area contributed by atoms with Crippen molar-refractivity contribution in [2.45, 2.75) is 57.7 Å². The smallest absolute Gasteiger partial charge is 0.238 e. The molecule has 0 aromatic rings. The third-order valence-electron chi connectivity index (χ3n) is 3.69. The van der Waals surface area contributed by atoms with E-state index >= 15 is 0 Å². The zero-order valence-electron chi connectivity index (χ0n) is 12.1. The molecule has 2 unspecified atom stereocenters. The summed E-state index contributed by atoms with van der Waals surface area (Å²) in [5, 5.41) is 2.01. The van der Waals surface area contributed by atoms with Gasteiger partial charge in [-0.15, -0.1) is 0 Å². The van der Waals surface area contributed by atoms with Gasteiger partial charge in [0.05, 0.1) is 5.75 Å². The highest BCUT2D eigenvalue weighted by Gasteiger charge is 2.37. The number of hydrogen-bond acceptors (Lipinski definition) is 4. The molecule has 0 aromatic heterocycles. The summed E-state index contributed by atoms with van der Waals surface area (Å²) < 4.78 is 23.9. The standard InChI is InChI=1S/C13H26N2O3S/c1-13(2,3)11(7-8-14)15-12(16)10-6-4-5-9-19(10,17)18/h10-11H,4-9,14H2,1-3H3,(H,15,16). The number of carbonyl (C=O) groups excluding carboxylic acids is 1. The molecule has 2 atom stereocenters. The highest BCUT2D eigenvalue weighted by molar-refractivity contribution is 7.92. The van der Waals surface area contributed by atoms with Crippen LogP contribution in [0.25, 0.3) is 0 Å². The van der Waals surface area contributed by atoms with E-state index in [1.54, 1.807) is 0 Å². The molecule has 5 nitrogen and oxygen atoms in total. The first-order valence-electron chi connectivity index (χ1n) is 6.90. The van der Waals surface area contributed by atoms with Crippen molar-refractivity contribution in [3.63, 3.8) is 0 Å². The van der Waals surface area contributed by atoms with Crippen molar-refractivity contribution in [1.82, 2.24) is 5.32 Å². The Morgan fingerprint density at radius 2 is 2.00 bits per heavy atom. The Bertz CT molecular complexity index is 412. The van der Waals surface area contributed by atoms with E-state index in [9.17, 15) is 13.2 Å². The molecule has 1 aliphatic heterocycles. The van der Waals surface area contributed by atoms with Crippen LogP contribution in [0.15, 0.2) is 0 Å². The van der Waals surface area contributed by atoms with Crippen molar-refractivity contribution >= 4 is 15.7 Å². The molecule has 6 heteroatoms. The molecule has 19 heavy (non-hydrogen) atoms. The fourth-order valence-electron chi connectivity index (χ4n) is 2.40. The molecule has 0 bridgehead atoms. The summed E-state index contributed by atoms with van der Waals surface area (Å²) in [6.07, 6.45) is 2.56. The quantitative estimate of drug-likeness (QED) is 0.802. The number of sulfone groups is 1. The van der Waals surface area contributed by atoms with E-state index in [0.29, 0.717) is 25.8 Å². The molecule has 0 saturated carbocycles. The van der Waals surface area contributed by atoms with E-state index < -0.39 is 15.1 Å². The molecule has 1 saturated heterocycles. The maximum Gasteiger partial charge on any atom is 0.238 e. The molecule has 0 aliphatic carbocycles. The fraction of sp³-hybridized carbons (Fsp3) is 0.923. The van der Waals surface area contributed by atoms with E-state index in [2.05, 4.69) is 5.32 Å². The molecule has 1 amide bonds. The van der Waals surface area contributed by atoms with Gasteiger partial charge in [-0.2, -0.15) is 0 Å². The van der Waals surface area contributed by atoms with Gasteiger partial charge < -0.3 is 11.1 Å². The summed E-state index contributed by atoms with van der Waals surface area (Å²) in [6.45, 7) is 6.52. The van der Waals surface area contributed by atoms with Gasteiger partial charge in [0.15, 0.2) is 9.84 Å². The Morgan fingerprint density at radius 3 is 2.47 bits per heavy atom. The van der Waals surface area contributed by atoms with Gasteiger partial charge in [-0.1, -0.05) is 27.2 Å². The van der Waals surface area contributed by atoms with Gasteiger partial charge in [0.2, 0.25) is 5.91 Å². The van der Waals surface area contributed by atoms with Crippen LogP contribution in [0.2, 0.25) is 0 Å². The van der Waals surface area contributed by atoms with E-state index in [0.717, 1.165) is 6.42 Å². The lowest BCUT2D eigenvalue weighted by molar-refractivity contribution is -0.122. The normalized spacial score (nSPS) is 24.7. The Morgan fingerprint density at radius 1 is 1.37 bits per heavy atom. The third-order valence-corrected chi connectivity index (χ3v) is 5.86. The minimum absolute atomic E-state index is 0.0953. The van der Waals surface area contributed by atoms with Crippen LogP contribution in [0, 0.1) is 5.41 Å². The number of carbonyl (C=O) groups is 1. The summed E-state index contributed by atoms with van der Waals surface area (Å²) in [4.78, 5) is 12.2. The van der Waals surface area contributed by atoms with Crippen molar-refractivity contribution in [2.75, 3.05) is 12.3 Å². The van der Waals surface area contributed by atoms with Crippen LogP contribution >= 0.6 is 0 Å². The lowest BCUT2D eigenvalue weighted by Gasteiger charge is -2.33. The summed E-state index contributed by atoms with van der Waals surface area (Å²) >= 11 is 0. The molecule has 1 heterocycles. The third kappa shape index (κ3) is 4.45. The van der Waals surface area contributed by atoms with Crippen molar-refractivity contribution in [1.29, 1.82) is 0 Å². The predicted molar refractivity (Wildman–Crippen MR) is 76.5 cm³/mol. The molecule has 0 radical (unpaired) electrons. The van der Waals surface area contributed by atoms with Gasteiger partial charge in [0, 0.05) is 6.04 Å². The number of rotatable bonds is 4. The van der Waals surface area contributed by atoms with Crippen molar-refractivity contribution < 1.29 is 13.2 Å². The Hall–Kier alpha value is -0.620. The van der Waals surface area contributed by atoms with Crippen LogP contribution in [0.4, 0.5) is 0 Å². The summed E-state index contributed by atoms with van der Waals surface area (Å²) in [7, 11) is -3.27. The number of amides is 1. The van der Waals surface area contributed by atoms with Crippen LogP contribution in [-0.4, -0.2) is 37.9 Å². The van der Waals surface area contributed by atoms with Gasteiger partial charge in [0.25, 0.3) is 0 Å². The first-order chi connectivity index (χ1) is 8.68. The van der Waals surface area contributed by atoms with Crippen molar-refractivity contribution in [3.05, 3.63) is 0 Å². The topological polar surface area (TPSA) is 89.3 Å². The maximum absolute atomic E-state index is 12.2. The molecule has 0 spiro atoms. The van der Waals surface area contributed by atoms with E-state index in [-0.39, 0.29) is 23.1 Å². The molecular formula is C13H26N2O3S. The summed E-state index contributed by atoms with van der Waals surface area (Å²) in [6, 6.07) is -0.0953. The second kappa shape index (κ2) is 6.22. The highest BCUT2D eigenvalue weighted by atomic mass is 32.2. The zero-order chi connectivity index (χ0) is 14.7. The van der Waals surface area contributed by atoms with Crippen LogP contribution in [-0.2, 0) is 14.6 Å². The maximum atomic E-state index is 12.2. The minimum atomic E-state index is -3.27. The Balaban J connectivity index is 2.77. The molecule has 3 N–H and O–H groups in total. The number of nitrogens with one attached hydrogen (secondary N) is 1. The van der Waals surface area contributed by atoms with Gasteiger partial charge >= 0.3 is 0 Å². The second-order valence-electron chi connectivity index (χ2n) is 6.36. The monoisotopic (exact) mass is 290 g/mol. The van der Waals surface area contributed by atoms with Crippen LogP contribution in [0.3, 0.4) is 0 Å². The first-order valence-corrected chi connectivity index (χ1v) is 8.62. The van der Waals surface area contributed by atoms with Gasteiger partial charge in [-0.25, -0.2) is 8.42 Å². The van der Waals surface area contributed by atoms with Crippen LogP contribution < -0.4 is 11.1 Å². The molecular weight excluding hydrogens is 264 g/mol. The average Bonchev–Trinajstić information content (AvgIpc) is 2.26. The van der Waals surface area contributed by atoms with Gasteiger partial charge in [-0.3, -0.25) is 4.79 Å². The first kappa shape index (κ1) is 16.4. The molecule has 1 fully saturated rings. The van der Waals surface area contributed by atoms with Crippen molar-refractivity contribution in [2.24, 2.45) is 11.1 Å². The predicted octanol–water partition coefficient (Wildman–Crippen LogP) is 0.833. The molecule has 1 aliphatic rings. The van der Waals surface area contributed by atoms with Crippen LogP contribution in [0.5, 0.6) is 0 Å². The highest BCUT2D eigenvalue weighted by Crippen LogP contribution is 2.24. The van der Waals surface area contributed by atoms with E-state index in [4.69, 9.17) is 5.73 Å². The Labute approximate surface area is 116 Å². The molecule has 1 rings (SSSR count). The van der Waals surface area contributed by atoms with Crippen molar-refractivity contribution in [3.8, 4) is 0 Å². The Kier molecular flexibility index (Phi) is 5.38. The van der Waals surface area contributed by atoms with E-state index in [1.807, 2.05) is 20.8 Å². The molecule has 0 aromatic carbocycles. The lowest BCUT2D eigenvalue weighted by atomic mass is 9.84. The zero-order valence-corrected chi connectivity index (χ0v) is 12.9. The van der Waals surface area contributed by atoms with Gasteiger partial charge in [0.1, 0.15) is 5.25 Å². The van der Waals surface area contributed by atoms with E-state index in [1.165, 1.54) is 0 Å². The summed E-state index contributed by atoms with van der Waals surface area (Å²) in [5.41, 5.74) is 5.43. The SMILES string of the molecule is CC(C)(C)C(CCN)NC(=O)C1CCCCS1(=O)=O. The number of nitrogens with two attached hydrogens (primary N) is 1. The lowest BCUT2D eigenvalue weighted by Crippen LogP contribution is -2.51. The summed E-state index contributed by atoms with van der Waals surface area (Å²) in [5.74, 6) is -0.226. The molecule has 112 valence electrons. The van der Waals surface area contributed by atoms with Crippen LogP contribution in [0.1, 0.15) is 46.5 Å². The largest absolute Gasteiger partial charge is 0.352 e.